The number of H-pyrrole nitrogens is 1. The van der Waals surface area contributed by atoms with Gasteiger partial charge in [-0.25, -0.2) is 9.38 Å². The van der Waals surface area contributed by atoms with Crippen molar-refractivity contribution in [3.05, 3.63) is 54.9 Å². The highest BCUT2D eigenvalue weighted by atomic mass is 16.1. The van der Waals surface area contributed by atoms with Crippen LogP contribution in [0.15, 0.2) is 54.9 Å². The van der Waals surface area contributed by atoms with E-state index in [1.165, 1.54) is 0 Å². The summed E-state index contributed by atoms with van der Waals surface area (Å²) >= 11 is 0. The average Bonchev–Trinajstić information content (AvgIpc) is 2.91. The number of benzene rings is 1. The van der Waals surface area contributed by atoms with Crippen molar-refractivity contribution in [1.29, 1.82) is 0 Å². The molecule has 0 saturated heterocycles. The number of pyridine rings is 1. The van der Waals surface area contributed by atoms with E-state index in [1.54, 1.807) is 0 Å². The summed E-state index contributed by atoms with van der Waals surface area (Å²) in [6.07, 6.45) is 4.54. The van der Waals surface area contributed by atoms with E-state index in [1.807, 2.05) is 60.0 Å². The van der Waals surface area contributed by atoms with E-state index >= 15 is 0 Å². The fourth-order valence-electron chi connectivity index (χ4n) is 2.11. The first kappa shape index (κ1) is 12.4. The van der Waals surface area contributed by atoms with Gasteiger partial charge in [0.2, 0.25) is 5.91 Å². The van der Waals surface area contributed by atoms with Gasteiger partial charge in [-0.3, -0.25) is 4.79 Å². The summed E-state index contributed by atoms with van der Waals surface area (Å²) in [6.45, 7) is 1.84. The average molecular weight is 266 g/mol. The molecule has 0 aliphatic carbocycles. The van der Waals surface area contributed by atoms with Crippen molar-refractivity contribution < 1.29 is 9.20 Å². The third kappa shape index (κ3) is 2.40. The second-order valence-corrected chi connectivity index (χ2v) is 4.64. The normalized spacial score (nSPS) is 10.7. The minimum absolute atomic E-state index is 0.0268. The van der Waals surface area contributed by atoms with E-state index < -0.39 is 0 Å². The molecule has 0 saturated carbocycles. The summed E-state index contributed by atoms with van der Waals surface area (Å²) in [5.41, 5.74) is 4.00. The van der Waals surface area contributed by atoms with Gasteiger partial charge in [-0.15, -0.1) is 0 Å². The molecule has 0 unspecified atom stereocenters. The van der Waals surface area contributed by atoms with Crippen LogP contribution < -0.4 is 9.72 Å². The number of aromatic nitrogens is 2. The number of nitrogens with one attached hydrogen (secondary N) is 2. The first-order valence-electron chi connectivity index (χ1n) is 6.65. The van der Waals surface area contributed by atoms with Gasteiger partial charge in [-0.1, -0.05) is 13.0 Å². The van der Waals surface area contributed by atoms with Gasteiger partial charge in [0.05, 0.1) is 6.20 Å². The number of imidazole rings is 1. The molecule has 3 rings (SSSR count). The number of anilines is 1. The summed E-state index contributed by atoms with van der Waals surface area (Å²) in [4.78, 5) is 14.7. The number of hydrogen-bond acceptors (Lipinski definition) is 1. The molecule has 3 aromatic rings. The molecular formula is C16H16N3O+. The molecule has 2 N–H and O–H groups in total. The highest BCUT2D eigenvalue weighted by Crippen LogP contribution is 2.19. The zero-order valence-electron chi connectivity index (χ0n) is 11.3. The molecule has 2 heterocycles. The zero-order chi connectivity index (χ0) is 13.9. The summed E-state index contributed by atoms with van der Waals surface area (Å²) in [6, 6.07) is 13.8. The lowest BCUT2D eigenvalue weighted by Gasteiger charge is -2.03. The predicted molar refractivity (Wildman–Crippen MR) is 78.3 cm³/mol. The van der Waals surface area contributed by atoms with E-state index in [4.69, 9.17) is 0 Å². The van der Waals surface area contributed by atoms with Gasteiger partial charge < -0.3 is 5.32 Å². The molecule has 0 atom stereocenters. The smallest absolute Gasteiger partial charge is 0.284 e. The van der Waals surface area contributed by atoms with Gasteiger partial charge in [-0.05, 0) is 30.3 Å². The van der Waals surface area contributed by atoms with Crippen LogP contribution in [0.25, 0.3) is 16.9 Å². The molecule has 0 bridgehead atoms. The van der Waals surface area contributed by atoms with Crippen LogP contribution in [-0.2, 0) is 4.79 Å². The standard InChI is InChI=1S/C16H15N3O/c1-2-16(20)17-13-8-6-12(7-9-13)14-11-19-10-4-3-5-15(19)18-14/h3-11H,2H2,1H3,(H,17,20)/p+1. The maximum Gasteiger partial charge on any atom is 0.284 e. The van der Waals surface area contributed by atoms with Gasteiger partial charge >= 0.3 is 0 Å². The van der Waals surface area contributed by atoms with Crippen molar-refractivity contribution in [3.8, 4) is 11.3 Å². The summed E-state index contributed by atoms with van der Waals surface area (Å²) < 4.78 is 2.04. The summed E-state index contributed by atoms with van der Waals surface area (Å²) in [5, 5.41) is 2.84. The first-order valence-corrected chi connectivity index (χ1v) is 6.65. The molecule has 1 amide bonds. The fourth-order valence-corrected chi connectivity index (χ4v) is 2.11. The van der Waals surface area contributed by atoms with Crippen molar-refractivity contribution in [1.82, 2.24) is 4.98 Å². The topological polar surface area (TPSA) is 49.0 Å². The number of rotatable bonds is 3. The Kier molecular flexibility index (Phi) is 3.21. The van der Waals surface area contributed by atoms with Crippen molar-refractivity contribution in [2.24, 2.45) is 0 Å². The lowest BCUT2D eigenvalue weighted by Crippen LogP contribution is -2.15. The summed E-state index contributed by atoms with van der Waals surface area (Å²) in [5.74, 6) is 0.0268. The van der Waals surface area contributed by atoms with Gasteiger partial charge in [0.25, 0.3) is 5.65 Å². The van der Waals surface area contributed by atoms with Crippen LogP contribution in [0.1, 0.15) is 13.3 Å². The number of nitrogens with zero attached hydrogens (tertiary/aromatic N) is 1. The lowest BCUT2D eigenvalue weighted by atomic mass is 10.1. The molecule has 4 heteroatoms. The number of amides is 1. The molecule has 0 aliphatic heterocycles. The molecule has 0 fully saturated rings. The van der Waals surface area contributed by atoms with Crippen LogP contribution in [0.2, 0.25) is 0 Å². The molecule has 2 aromatic heterocycles. The van der Waals surface area contributed by atoms with Crippen LogP contribution in [0, 0.1) is 0 Å². The molecule has 100 valence electrons. The Morgan fingerprint density at radius 3 is 2.70 bits per heavy atom. The van der Waals surface area contributed by atoms with E-state index in [2.05, 4.69) is 16.5 Å². The van der Waals surface area contributed by atoms with Crippen LogP contribution in [0.3, 0.4) is 0 Å². The second-order valence-electron chi connectivity index (χ2n) is 4.64. The largest absolute Gasteiger partial charge is 0.326 e. The van der Waals surface area contributed by atoms with Gasteiger partial charge in [-0.2, -0.15) is 0 Å². The molecule has 20 heavy (non-hydrogen) atoms. The van der Waals surface area contributed by atoms with Crippen LogP contribution >= 0.6 is 0 Å². The molecule has 0 aliphatic rings. The summed E-state index contributed by atoms with van der Waals surface area (Å²) in [7, 11) is 0. The Morgan fingerprint density at radius 2 is 2.00 bits per heavy atom. The van der Waals surface area contributed by atoms with Gasteiger partial charge in [0.1, 0.15) is 6.20 Å². The van der Waals surface area contributed by atoms with Gasteiger partial charge in [0.15, 0.2) is 5.69 Å². The van der Waals surface area contributed by atoms with Crippen LogP contribution in [0.4, 0.5) is 5.69 Å². The predicted octanol–water partition coefficient (Wildman–Crippen LogP) is 2.77. The van der Waals surface area contributed by atoms with Gasteiger partial charge in [0, 0.05) is 23.7 Å². The number of carbonyl (C=O) groups is 1. The zero-order valence-corrected chi connectivity index (χ0v) is 11.3. The maximum atomic E-state index is 11.3. The minimum Gasteiger partial charge on any atom is -0.326 e. The quantitative estimate of drug-likeness (QED) is 0.704. The first-order chi connectivity index (χ1) is 9.76. The number of aromatic amines is 1. The van der Waals surface area contributed by atoms with E-state index in [0.717, 1.165) is 22.6 Å². The van der Waals surface area contributed by atoms with Crippen molar-refractivity contribution in [2.45, 2.75) is 13.3 Å². The Bertz CT molecular complexity index is 711. The molecule has 0 radical (unpaired) electrons. The van der Waals surface area contributed by atoms with E-state index in [0.29, 0.717) is 6.42 Å². The molecular weight excluding hydrogens is 250 g/mol. The maximum absolute atomic E-state index is 11.3. The third-order valence-electron chi connectivity index (χ3n) is 3.22. The fraction of sp³-hybridized carbons (Fsp3) is 0.125. The van der Waals surface area contributed by atoms with Crippen molar-refractivity contribution in [3.63, 3.8) is 0 Å². The highest BCUT2D eigenvalue weighted by molar-refractivity contribution is 5.90. The Balaban J connectivity index is 1.88. The SMILES string of the molecule is CCC(=O)Nc1ccc(-c2c[n+]3ccccc3[nH]2)cc1. The second kappa shape index (κ2) is 5.17. The number of hydrogen-bond donors (Lipinski definition) is 2. The molecule has 4 nitrogen and oxygen atoms in total. The van der Waals surface area contributed by atoms with E-state index in [-0.39, 0.29) is 5.91 Å². The Labute approximate surface area is 117 Å². The Morgan fingerprint density at radius 1 is 1.20 bits per heavy atom. The van der Waals surface area contributed by atoms with Crippen molar-refractivity contribution >= 4 is 17.2 Å². The number of carbonyl (C=O) groups excluding carboxylic acids is 1. The number of fused-ring (bicyclic) bond motifs is 1. The third-order valence-corrected chi connectivity index (χ3v) is 3.22. The highest BCUT2D eigenvalue weighted by Gasteiger charge is 2.09. The van der Waals surface area contributed by atoms with Crippen LogP contribution in [0.5, 0.6) is 0 Å². The molecule has 0 spiro atoms. The Hall–Kier alpha value is -2.62. The van der Waals surface area contributed by atoms with E-state index in [9.17, 15) is 4.79 Å². The minimum atomic E-state index is 0.0268. The molecule has 1 aromatic carbocycles. The lowest BCUT2D eigenvalue weighted by molar-refractivity contribution is -0.509. The van der Waals surface area contributed by atoms with Crippen molar-refractivity contribution in [2.75, 3.05) is 5.32 Å². The monoisotopic (exact) mass is 266 g/mol. The van der Waals surface area contributed by atoms with Crippen LogP contribution in [-0.4, -0.2) is 10.9 Å².